The minimum absolute atomic E-state index is 0.119. The minimum Gasteiger partial charge on any atom is -0.493 e. The van der Waals surface area contributed by atoms with Crippen molar-refractivity contribution in [1.82, 2.24) is 9.21 Å². The quantitative estimate of drug-likeness (QED) is 0.630. The van der Waals surface area contributed by atoms with Gasteiger partial charge in [0.25, 0.3) is 0 Å². The number of anilines is 1. The molecule has 0 saturated heterocycles. The molecule has 1 amide bonds. The third kappa shape index (κ3) is 5.66. The fourth-order valence-electron chi connectivity index (χ4n) is 3.41. The van der Waals surface area contributed by atoms with E-state index in [1.807, 2.05) is 58.0 Å². The van der Waals surface area contributed by atoms with E-state index in [0.29, 0.717) is 30.3 Å². The first kappa shape index (κ1) is 25.0. The first-order chi connectivity index (χ1) is 15.4. The summed E-state index contributed by atoms with van der Waals surface area (Å²) in [4.78, 5) is 14.6. The summed E-state index contributed by atoms with van der Waals surface area (Å²) in [5.74, 6) is 0.742. The molecule has 2 aromatic rings. The van der Waals surface area contributed by atoms with Gasteiger partial charge in [0.15, 0.2) is 11.5 Å². The topological polar surface area (TPSA) is 88.2 Å². The van der Waals surface area contributed by atoms with Gasteiger partial charge in [0, 0.05) is 36.8 Å². The van der Waals surface area contributed by atoms with E-state index < -0.39 is 15.4 Å². The van der Waals surface area contributed by atoms with Gasteiger partial charge in [-0.1, -0.05) is 32.9 Å². The predicted molar refractivity (Wildman–Crippen MR) is 128 cm³/mol. The summed E-state index contributed by atoms with van der Waals surface area (Å²) >= 11 is 0. The summed E-state index contributed by atoms with van der Waals surface area (Å²) < 4.78 is 39.5. The molecule has 0 aromatic heterocycles. The van der Waals surface area contributed by atoms with Gasteiger partial charge >= 0.3 is 0 Å². The first-order valence-electron chi connectivity index (χ1n) is 10.8. The molecule has 1 N–H and O–H groups in total. The van der Waals surface area contributed by atoms with Crippen molar-refractivity contribution in [2.45, 2.75) is 38.8 Å². The van der Waals surface area contributed by atoms with Crippen LogP contribution in [0.15, 0.2) is 41.3 Å². The Morgan fingerprint density at radius 1 is 1.12 bits per heavy atom. The number of amides is 1. The monoisotopic (exact) mass is 475 g/mol. The number of nitrogens with zero attached hydrogens (tertiary/aromatic N) is 2. The van der Waals surface area contributed by atoms with Crippen LogP contribution in [0.1, 0.15) is 31.9 Å². The van der Waals surface area contributed by atoms with Crippen LogP contribution in [0.25, 0.3) is 0 Å². The number of carbonyl (C=O) groups is 1. The average molecular weight is 476 g/mol. The molecular weight excluding hydrogens is 442 g/mol. The average Bonchev–Trinajstić information content (AvgIpc) is 3.19. The highest BCUT2D eigenvalue weighted by Crippen LogP contribution is 2.36. The summed E-state index contributed by atoms with van der Waals surface area (Å²) in [5, 5.41) is 2.95. The number of hydrogen-bond acceptors (Lipinski definition) is 6. The Labute approximate surface area is 196 Å². The zero-order valence-corrected chi connectivity index (χ0v) is 21.0. The van der Waals surface area contributed by atoms with Crippen molar-refractivity contribution in [3.05, 3.63) is 47.5 Å². The minimum atomic E-state index is -3.79. The fourth-order valence-corrected chi connectivity index (χ4v) is 4.81. The van der Waals surface area contributed by atoms with Crippen LogP contribution < -0.4 is 14.8 Å². The maximum absolute atomic E-state index is 13.5. The lowest BCUT2D eigenvalue weighted by Gasteiger charge is -2.20. The zero-order valence-electron chi connectivity index (χ0n) is 20.1. The third-order valence-electron chi connectivity index (χ3n) is 5.45. The number of ether oxygens (including phenoxy) is 2. The van der Waals surface area contributed by atoms with Crippen LogP contribution in [0.5, 0.6) is 11.5 Å². The number of sulfonamides is 1. The lowest BCUT2D eigenvalue weighted by atomic mass is 9.95. The van der Waals surface area contributed by atoms with E-state index in [2.05, 4.69) is 5.32 Å². The number of likely N-dealkylation sites (N-methyl/N-ethyl adjacent to an activating group) is 1. The van der Waals surface area contributed by atoms with Gasteiger partial charge in [-0.2, -0.15) is 4.31 Å². The van der Waals surface area contributed by atoms with E-state index in [1.165, 1.54) is 23.5 Å². The van der Waals surface area contributed by atoms with Crippen LogP contribution in [-0.2, 0) is 27.9 Å². The first-order valence-corrected chi connectivity index (χ1v) is 12.3. The SMILES string of the molecule is COc1ccc(S(=O)(=O)N2Cc3cccc(NC(=O)C(C)(C)C)c3C2)cc1OCCN(C)C. The number of rotatable bonds is 8. The number of benzene rings is 2. The normalized spacial score (nSPS) is 14.3. The highest BCUT2D eigenvalue weighted by atomic mass is 32.2. The van der Waals surface area contributed by atoms with E-state index in [-0.39, 0.29) is 23.9 Å². The largest absolute Gasteiger partial charge is 0.493 e. The molecule has 2 aromatic carbocycles. The van der Waals surface area contributed by atoms with E-state index in [4.69, 9.17) is 9.47 Å². The Bertz CT molecular complexity index is 1120. The summed E-state index contributed by atoms with van der Waals surface area (Å²) in [6.45, 7) is 7.02. The van der Waals surface area contributed by atoms with Crippen LogP contribution in [0.3, 0.4) is 0 Å². The second-order valence-corrected chi connectivity index (χ2v) is 11.3. The Balaban J connectivity index is 1.85. The lowest BCUT2D eigenvalue weighted by molar-refractivity contribution is -0.123. The Hall–Kier alpha value is -2.62. The van der Waals surface area contributed by atoms with Gasteiger partial charge in [0.1, 0.15) is 6.61 Å². The highest BCUT2D eigenvalue weighted by Gasteiger charge is 2.33. The lowest BCUT2D eigenvalue weighted by Crippen LogP contribution is -2.28. The van der Waals surface area contributed by atoms with Gasteiger partial charge in [-0.3, -0.25) is 4.79 Å². The molecule has 1 aliphatic heterocycles. The Kier molecular flexibility index (Phi) is 7.36. The van der Waals surface area contributed by atoms with Crippen molar-refractivity contribution < 1.29 is 22.7 Å². The van der Waals surface area contributed by atoms with Crippen LogP contribution in [0.2, 0.25) is 0 Å². The Morgan fingerprint density at radius 2 is 1.85 bits per heavy atom. The van der Waals surface area contributed by atoms with Gasteiger partial charge in [-0.05, 0) is 43.4 Å². The summed E-state index contributed by atoms with van der Waals surface area (Å²) in [6, 6.07) is 10.2. The van der Waals surface area contributed by atoms with Gasteiger partial charge < -0.3 is 19.7 Å². The molecule has 1 aliphatic rings. The zero-order chi connectivity index (χ0) is 24.4. The van der Waals surface area contributed by atoms with Crippen molar-refractivity contribution in [1.29, 1.82) is 0 Å². The van der Waals surface area contributed by atoms with Crippen molar-refractivity contribution in [3.63, 3.8) is 0 Å². The molecule has 0 fully saturated rings. The summed E-state index contributed by atoms with van der Waals surface area (Å²) in [6.07, 6.45) is 0. The van der Waals surface area contributed by atoms with E-state index in [1.54, 1.807) is 6.07 Å². The molecule has 9 heteroatoms. The van der Waals surface area contributed by atoms with Gasteiger partial charge in [0.05, 0.1) is 12.0 Å². The molecule has 180 valence electrons. The molecular formula is C24H33N3O5S. The molecule has 3 rings (SSSR count). The molecule has 33 heavy (non-hydrogen) atoms. The summed E-state index contributed by atoms with van der Waals surface area (Å²) in [5.41, 5.74) is 1.78. The highest BCUT2D eigenvalue weighted by molar-refractivity contribution is 7.89. The number of hydrogen-bond donors (Lipinski definition) is 1. The number of methoxy groups -OCH3 is 1. The van der Waals surface area contributed by atoms with Gasteiger partial charge in [-0.15, -0.1) is 0 Å². The third-order valence-corrected chi connectivity index (χ3v) is 7.24. The number of carbonyl (C=O) groups excluding carboxylic acids is 1. The van der Waals surface area contributed by atoms with Crippen molar-refractivity contribution >= 4 is 21.6 Å². The van der Waals surface area contributed by atoms with Gasteiger partial charge in [0.2, 0.25) is 15.9 Å². The summed E-state index contributed by atoms with van der Waals surface area (Å²) in [7, 11) is 1.60. The molecule has 0 radical (unpaired) electrons. The van der Waals surface area contributed by atoms with Crippen molar-refractivity contribution in [3.8, 4) is 11.5 Å². The molecule has 0 saturated carbocycles. The molecule has 8 nitrogen and oxygen atoms in total. The fraction of sp³-hybridized carbons (Fsp3) is 0.458. The molecule has 0 unspecified atom stereocenters. The van der Waals surface area contributed by atoms with Crippen LogP contribution in [-0.4, -0.2) is 57.9 Å². The Morgan fingerprint density at radius 3 is 2.48 bits per heavy atom. The number of fused-ring (bicyclic) bond motifs is 1. The van der Waals surface area contributed by atoms with E-state index in [9.17, 15) is 13.2 Å². The predicted octanol–water partition coefficient (Wildman–Crippen LogP) is 3.32. The molecule has 0 aliphatic carbocycles. The second kappa shape index (κ2) is 9.70. The maximum Gasteiger partial charge on any atom is 0.243 e. The van der Waals surface area contributed by atoms with Crippen molar-refractivity contribution in [2.75, 3.05) is 39.7 Å². The molecule has 1 heterocycles. The standard InChI is InChI=1S/C24H33N3O5S/c1-24(2,3)23(28)25-20-9-7-8-17-15-27(16-19(17)20)33(29,30)18-10-11-21(31-6)22(14-18)32-13-12-26(4)5/h7-11,14H,12-13,15-16H2,1-6H3,(H,25,28). The van der Waals surface area contributed by atoms with Crippen LogP contribution in [0, 0.1) is 5.41 Å². The number of nitrogens with one attached hydrogen (secondary N) is 1. The van der Waals surface area contributed by atoms with Crippen molar-refractivity contribution in [2.24, 2.45) is 5.41 Å². The van der Waals surface area contributed by atoms with Gasteiger partial charge in [-0.25, -0.2) is 8.42 Å². The maximum atomic E-state index is 13.5. The molecule has 0 spiro atoms. The van der Waals surface area contributed by atoms with Crippen LogP contribution in [0.4, 0.5) is 5.69 Å². The molecule has 0 atom stereocenters. The molecule has 0 bridgehead atoms. The van der Waals surface area contributed by atoms with E-state index >= 15 is 0 Å². The van der Waals surface area contributed by atoms with E-state index in [0.717, 1.165) is 11.1 Å². The second-order valence-electron chi connectivity index (χ2n) is 9.38. The van der Waals surface area contributed by atoms with Crippen LogP contribution >= 0.6 is 0 Å². The smallest absolute Gasteiger partial charge is 0.243 e.